The van der Waals surface area contributed by atoms with Gasteiger partial charge in [-0.05, 0) is 42.8 Å². The fourth-order valence-corrected chi connectivity index (χ4v) is 4.00. The van der Waals surface area contributed by atoms with Crippen molar-refractivity contribution in [3.63, 3.8) is 0 Å². The van der Waals surface area contributed by atoms with E-state index in [9.17, 15) is 31.1 Å². The Bertz CT molecular complexity index is 937. The van der Waals surface area contributed by atoms with Crippen LogP contribution in [0.25, 0.3) is 0 Å². The lowest BCUT2D eigenvalue weighted by atomic mass is 10.0. The number of rotatable bonds is 6. The number of hydrogen-bond acceptors (Lipinski definition) is 3. The molecule has 1 heterocycles. The second-order valence-corrected chi connectivity index (χ2v) is 8.58. The summed E-state index contributed by atoms with van der Waals surface area (Å²) in [6.45, 7) is 2.88. The summed E-state index contributed by atoms with van der Waals surface area (Å²) >= 11 is 0. The Morgan fingerprint density at radius 1 is 0.912 bits per heavy atom. The summed E-state index contributed by atoms with van der Waals surface area (Å²) in [6, 6.07) is 10.1. The molecular weight excluding hydrogens is 460 g/mol. The van der Waals surface area contributed by atoms with Crippen molar-refractivity contribution in [2.45, 2.75) is 24.8 Å². The van der Waals surface area contributed by atoms with Crippen LogP contribution in [0.5, 0.6) is 0 Å². The number of halogens is 6. The minimum absolute atomic E-state index is 0.0193. The smallest absolute Gasteiger partial charge is 0.344 e. The fourth-order valence-electron chi connectivity index (χ4n) is 4.00. The van der Waals surface area contributed by atoms with Crippen molar-refractivity contribution in [1.29, 1.82) is 0 Å². The summed E-state index contributed by atoms with van der Waals surface area (Å²) in [4.78, 5) is 19.0. The number of hydrogen-bond donors (Lipinski definition) is 0. The average molecular weight is 487 g/mol. The molecule has 1 amide bonds. The molecule has 0 aliphatic carbocycles. The molecule has 0 radical (unpaired) electrons. The van der Waals surface area contributed by atoms with Gasteiger partial charge in [0.25, 0.3) is 0 Å². The topological polar surface area (TPSA) is 26.8 Å². The number of alkyl halides is 6. The van der Waals surface area contributed by atoms with Gasteiger partial charge in [0, 0.05) is 39.8 Å². The first-order valence-corrected chi connectivity index (χ1v) is 10.9. The number of benzene rings is 2. The summed E-state index contributed by atoms with van der Waals surface area (Å²) in [5.41, 5.74) is -2.04. The standard InChI is InChI=1S/C24H27F6N3O/c1-31-10-12-33(13-11-31)21(18-6-4-3-5-7-18)22(34)32(2)9-8-17-14-19(23(25,26)27)16-20(15-17)24(28,29)30/h3-7,14-16,21H,8-13H2,1-2H3. The van der Waals surface area contributed by atoms with E-state index < -0.39 is 29.5 Å². The lowest BCUT2D eigenvalue weighted by Gasteiger charge is -2.38. The van der Waals surface area contributed by atoms with Gasteiger partial charge >= 0.3 is 12.4 Å². The van der Waals surface area contributed by atoms with Gasteiger partial charge in [0.1, 0.15) is 6.04 Å². The van der Waals surface area contributed by atoms with E-state index in [4.69, 9.17) is 0 Å². The SMILES string of the molecule is CN1CCN(C(C(=O)N(C)CCc2cc(C(F)(F)F)cc(C(F)(F)F)c2)c2ccccc2)CC1. The van der Waals surface area contributed by atoms with Gasteiger partial charge in [-0.2, -0.15) is 26.3 Å². The molecule has 0 aromatic heterocycles. The Hall–Kier alpha value is -2.59. The van der Waals surface area contributed by atoms with Gasteiger partial charge in [0.05, 0.1) is 11.1 Å². The molecular formula is C24H27F6N3O. The van der Waals surface area contributed by atoms with Crippen LogP contribution < -0.4 is 0 Å². The number of carbonyl (C=O) groups is 1. The molecule has 1 fully saturated rings. The first kappa shape index (κ1) is 26.0. The van der Waals surface area contributed by atoms with Crippen LogP contribution in [-0.2, 0) is 23.6 Å². The molecule has 4 nitrogen and oxygen atoms in total. The monoisotopic (exact) mass is 487 g/mol. The van der Waals surface area contributed by atoms with Crippen molar-refractivity contribution in [2.75, 3.05) is 46.8 Å². The lowest BCUT2D eigenvalue weighted by Crippen LogP contribution is -2.50. The van der Waals surface area contributed by atoms with E-state index in [0.717, 1.165) is 18.7 Å². The number of likely N-dealkylation sites (N-methyl/N-ethyl adjacent to an activating group) is 2. The first-order valence-electron chi connectivity index (χ1n) is 10.9. The largest absolute Gasteiger partial charge is 0.416 e. The molecule has 34 heavy (non-hydrogen) atoms. The molecule has 2 aromatic rings. The molecule has 0 spiro atoms. The number of piperazine rings is 1. The molecule has 2 aromatic carbocycles. The predicted octanol–water partition coefficient (Wildman–Crippen LogP) is 4.71. The maximum absolute atomic E-state index is 13.4. The average Bonchev–Trinajstić information content (AvgIpc) is 2.78. The van der Waals surface area contributed by atoms with Crippen LogP contribution in [0.3, 0.4) is 0 Å². The van der Waals surface area contributed by atoms with Crippen molar-refractivity contribution in [2.24, 2.45) is 0 Å². The Morgan fingerprint density at radius 3 is 1.94 bits per heavy atom. The normalized spacial score (nSPS) is 16.9. The van der Waals surface area contributed by atoms with Crippen LogP contribution in [0.2, 0.25) is 0 Å². The molecule has 0 N–H and O–H groups in total. The van der Waals surface area contributed by atoms with E-state index >= 15 is 0 Å². The minimum Gasteiger partial charge on any atom is -0.344 e. The highest BCUT2D eigenvalue weighted by Gasteiger charge is 2.37. The van der Waals surface area contributed by atoms with E-state index in [0.29, 0.717) is 25.2 Å². The quantitative estimate of drug-likeness (QED) is 0.552. The third kappa shape index (κ3) is 6.50. The van der Waals surface area contributed by atoms with Gasteiger partial charge < -0.3 is 9.80 Å². The molecule has 10 heteroatoms. The molecule has 3 rings (SSSR count). The molecule has 0 saturated carbocycles. The summed E-state index contributed by atoms with van der Waals surface area (Å²) in [7, 11) is 3.51. The second kappa shape index (κ2) is 10.4. The number of carbonyl (C=O) groups excluding carboxylic acids is 1. The molecule has 1 aliphatic heterocycles. The molecule has 1 saturated heterocycles. The van der Waals surface area contributed by atoms with E-state index in [-0.39, 0.29) is 30.5 Å². The molecule has 1 aliphatic rings. The number of nitrogens with zero attached hydrogens (tertiary/aromatic N) is 3. The van der Waals surface area contributed by atoms with Crippen LogP contribution >= 0.6 is 0 Å². The van der Waals surface area contributed by atoms with Crippen LogP contribution in [0.1, 0.15) is 28.3 Å². The van der Waals surface area contributed by atoms with Crippen molar-refractivity contribution in [3.05, 3.63) is 70.8 Å². The van der Waals surface area contributed by atoms with Gasteiger partial charge in [-0.1, -0.05) is 30.3 Å². The first-order chi connectivity index (χ1) is 15.9. The third-order valence-corrected chi connectivity index (χ3v) is 6.01. The van der Waals surface area contributed by atoms with E-state index in [1.807, 2.05) is 37.4 Å². The Labute approximate surface area is 194 Å². The zero-order chi connectivity index (χ0) is 25.1. The Balaban J connectivity index is 1.79. The predicted molar refractivity (Wildman–Crippen MR) is 116 cm³/mol. The van der Waals surface area contributed by atoms with E-state index in [2.05, 4.69) is 9.80 Å². The zero-order valence-corrected chi connectivity index (χ0v) is 19.0. The van der Waals surface area contributed by atoms with Crippen molar-refractivity contribution in [1.82, 2.24) is 14.7 Å². The highest BCUT2D eigenvalue weighted by Crippen LogP contribution is 2.36. The molecule has 186 valence electrons. The maximum atomic E-state index is 13.4. The van der Waals surface area contributed by atoms with Crippen molar-refractivity contribution in [3.8, 4) is 0 Å². The third-order valence-electron chi connectivity index (χ3n) is 6.01. The Kier molecular flexibility index (Phi) is 7.92. The summed E-state index contributed by atoms with van der Waals surface area (Å²) in [6.07, 6.45) is -9.95. The van der Waals surface area contributed by atoms with Crippen LogP contribution in [0, 0.1) is 0 Å². The van der Waals surface area contributed by atoms with Gasteiger partial charge in [-0.15, -0.1) is 0 Å². The molecule has 0 bridgehead atoms. The van der Waals surface area contributed by atoms with Crippen LogP contribution in [0.4, 0.5) is 26.3 Å². The molecule has 1 atom stereocenters. The minimum atomic E-state index is -4.91. The highest BCUT2D eigenvalue weighted by atomic mass is 19.4. The summed E-state index contributed by atoms with van der Waals surface area (Å²) in [5, 5.41) is 0. The van der Waals surface area contributed by atoms with Crippen molar-refractivity contribution < 1.29 is 31.1 Å². The number of amides is 1. The van der Waals surface area contributed by atoms with Gasteiger partial charge in [-0.3, -0.25) is 9.69 Å². The Morgan fingerprint density at radius 2 is 1.44 bits per heavy atom. The van der Waals surface area contributed by atoms with E-state index in [1.54, 1.807) is 0 Å². The van der Waals surface area contributed by atoms with Gasteiger partial charge in [0.2, 0.25) is 5.91 Å². The molecule has 1 unspecified atom stereocenters. The van der Waals surface area contributed by atoms with Crippen LogP contribution in [0.15, 0.2) is 48.5 Å². The highest BCUT2D eigenvalue weighted by molar-refractivity contribution is 5.83. The second-order valence-electron chi connectivity index (χ2n) is 8.58. The fraction of sp³-hybridized carbons (Fsp3) is 0.458. The van der Waals surface area contributed by atoms with Crippen molar-refractivity contribution >= 4 is 5.91 Å². The van der Waals surface area contributed by atoms with Gasteiger partial charge in [0.15, 0.2) is 0 Å². The van der Waals surface area contributed by atoms with E-state index in [1.165, 1.54) is 11.9 Å². The maximum Gasteiger partial charge on any atom is 0.416 e. The summed E-state index contributed by atoms with van der Waals surface area (Å²) < 4.78 is 78.9. The summed E-state index contributed by atoms with van der Waals surface area (Å²) in [5.74, 6) is -0.251. The lowest BCUT2D eigenvalue weighted by molar-refractivity contribution is -0.143. The van der Waals surface area contributed by atoms with Crippen LogP contribution in [-0.4, -0.2) is 67.4 Å². The van der Waals surface area contributed by atoms with Gasteiger partial charge in [-0.25, -0.2) is 0 Å². The zero-order valence-electron chi connectivity index (χ0n) is 19.0.